The maximum Gasteiger partial charge on any atom is 0.326 e. The molecule has 0 spiro atoms. The van der Waals surface area contributed by atoms with E-state index in [1.165, 1.54) is 12.1 Å². The van der Waals surface area contributed by atoms with Crippen molar-refractivity contribution in [3.63, 3.8) is 0 Å². The van der Waals surface area contributed by atoms with E-state index in [9.17, 15) is 17.6 Å². The van der Waals surface area contributed by atoms with Crippen LogP contribution in [-0.2, 0) is 19.8 Å². The van der Waals surface area contributed by atoms with Crippen LogP contribution in [0.1, 0.15) is 12.0 Å². The molecule has 1 aromatic carbocycles. The van der Waals surface area contributed by atoms with Crippen LogP contribution in [0.2, 0.25) is 0 Å². The Labute approximate surface area is 96.2 Å². The number of nitrogens with zero attached hydrogens (tertiary/aromatic N) is 1. The average molecular weight is 264 g/mol. The van der Waals surface area contributed by atoms with Crippen LogP contribution >= 0.6 is 10.7 Å². The van der Waals surface area contributed by atoms with Crippen molar-refractivity contribution in [2.75, 3.05) is 0 Å². The smallest absolute Gasteiger partial charge is 0.273 e. The molecule has 2 rings (SSSR count). The first kappa shape index (κ1) is 11.3. The molecule has 0 N–H and O–H groups in total. The van der Waals surface area contributed by atoms with Gasteiger partial charge in [0.15, 0.2) is 0 Å². The molecule has 0 aromatic heterocycles. The predicted molar refractivity (Wildman–Crippen MR) is 55.5 cm³/mol. The van der Waals surface area contributed by atoms with E-state index in [-0.39, 0.29) is 9.87 Å². The lowest BCUT2D eigenvalue weighted by Gasteiger charge is -2.42. The van der Waals surface area contributed by atoms with Gasteiger partial charge in [0.25, 0.3) is 0 Å². The highest BCUT2D eigenvalue weighted by atomic mass is 35.7. The lowest BCUT2D eigenvalue weighted by molar-refractivity contribution is -0.161. The van der Waals surface area contributed by atoms with Crippen molar-refractivity contribution >= 4 is 25.8 Å². The Bertz CT molecular complexity index is 533. The molecule has 0 aliphatic carbocycles. The molecule has 7 heteroatoms. The largest absolute Gasteiger partial charge is 0.326 e. The summed E-state index contributed by atoms with van der Waals surface area (Å²) in [5, 5.41) is 0. The first-order chi connectivity index (χ1) is 7.36. The van der Waals surface area contributed by atoms with Gasteiger partial charge in [-0.15, -0.1) is 0 Å². The fourth-order valence-electron chi connectivity index (χ4n) is 1.66. The third kappa shape index (κ3) is 1.58. The van der Waals surface area contributed by atoms with Gasteiger partial charge in [0, 0.05) is 16.2 Å². The monoisotopic (exact) mass is 263 g/mol. The molecule has 1 heterocycles. The number of halogens is 2. The van der Waals surface area contributed by atoms with Gasteiger partial charge in [0.2, 0.25) is 11.7 Å². The maximum atomic E-state index is 14.3. The molecule has 1 saturated heterocycles. The minimum atomic E-state index is -4.39. The van der Waals surface area contributed by atoms with Gasteiger partial charge in [-0.1, -0.05) is 30.3 Å². The van der Waals surface area contributed by atoms with Gasteiger partial charge >= 0.3 is 9.24 Å². The fourth-order valence-corrected chi connectivity index (χ4v) is 3.04. The highest BCUT2D eigenvalue weighted by molar-refractivity contribution is 8.12. The Kier molecular flexibility index (Phi) is 2.43. The molecule has 1 unspecified atom stereocenters. The van der Waals surface area contributed by atoms with Gasteiger partial charge in [-0.2, -0.15) is 12.7 Å². The maximum absolute atomic E-state index is 14.3. The van der Waals surface area contributed by atoms with Crippen molar-refractivity contribution < 1.29 is 17.6 Å². The van der Waals surface area contributed by atoms with E-state index in [1.807, 2.05) is 0 Å². The summed E-state index contributed by atoms with van der Waals surface area (Å²) in [6, 6.07) is 7.58. The molecule has 0 radical (unpaired) electrons. The highest BCUT2D eigenvalue weighted by Crippen LogP contribution is 2.45. The van der Waals surface area contributed by atoms with Crippen LogP contribution in [0.15, 0.2) is 30.3 Å². The van der Waals surface area contributed by atoms with E-state index in [0.717, 1.165) is 0 Å². The summed E-state index contributed by atoms with van der Waals surface area (Å²) in [4.78, 5) is 11.1. The first-order valence-corrected chi connectivity index (χ1v) is 6.64. The number of benzene rings is 1. The van der Waals surface area contributed by atoms with Crippen molar-refractivity contribution in [2.24, 2.45) is 0 Å². The standard InChI is InChI=1S/C9H7ClFNO3S/c10-16(14,15)12-8(13)6-9(12,11)7-4-2-1-3-5-7/h1-5H,6H2. The number of hydrogen-bond acceptors (Lipinski definition) is 3. The summed E-state index contributed by atoms with van der Waals surface area (Å²) in [5.41, 5.74) is 0.0961. The average Bonchev–Trinajstić information content (AvgIpc) is 2.15. The molecule has 1 aliphatic rings. The van der Waals surface area contributed by atoms with Crippen LogP contribution in [0, 0.1) is 0 Å². The highest BCUT2D eigenvalue weighted by Gasteiger charge is 2.58. The van der Waals surface area contributed by atoms with Gasteiger partial charge in [0.1, 0.15) is 0 Å². The van der Waals surface area contributed by atoms with Crippen molar-refractivity contribution in [3.8, 4) is 0 Å². The second-order valence-electron chi connectivity index (χ2n) is 3.40. The lowest BCUT2D eigenvalue weighted by Crippen LogP contribution is -2.59. The zero-order valence-electron chi connectivity index (χ0n) is 7.93. The van der Waals surface area contributed by atoms with Crippen LogP contribution in [-0.4, -0.2) is 18.6 Å². The zero-order valence-corrected chi connectivity index (χ0v) is 9.50. The van der Waals surface area contributed by atoms with Crippen molar-refractivity contribution in [3.05, 3.63) is 35.9 Å². The Morgan fingerprint density at radius 1 is 1.31 bits per heavy atom. The van der Waals surface area contributed by atoms with E-state index in [1.54, 1.807) is 18.2 Å². The summed E-state index contributed by atoms with van der Waals surface area (Å²) in [6.07, 6.45) is -0.511. The number of hydrogen-bond donors (Lipinski definition) is 0. The molecule has 16 heavy (non-hydrogen) atoms. The topological polar surface area (TPSA) is 54.5 Å². The normalized spacial score (nSPS) is 25.4. The molecule has 1 aromatic rings. The van der Waals surface area contributed by atoms with Crippen LogP contribution in [0.25, 0.3) is 0 Å². The molecular formula is C9H7ClFNO3S. The number of carbonyl (C=O) groups excluding carboxylic acids is 1. The van der Waals surface area contributed by atoms with Crippen LogP contribution in [0.3, 0.4) is 0 Å². The van der Waals surface area contributed by atoms with Gasteiger partial charge in [-0.3, -0.25) is 4.79 Å². The molecule has 86 valence electrons. The van der Waals surface area contributed by atoms with Crippen LogP contribution < -0.4 is 0 Å². The Morgan fingerprint density at radius 3 is 2.31 bits per heavy atom. The third-order valence-electron chi connectivity index (χ3n) is 2.37. The summed E-state index contributed by atoms with van der Waals surface area (Å²) in [6.45, 7) is 0. The first-order valence-electron chi connectivity index (χ1n) is 4.38. The zero-order chi connectivity index (χ0) is 12.0. The summed E-state index contributed by atoms with van der Waals surface area (Å²) >= 11 is 0. The molecule has 4 nitrogen and oxygen atoms in total. The summed E-state index contributed by atoms with van der Waals surface area (Å²) < 4.78 is 36.4. The predicted octanol–water partition coefficient (Wildman–Crippen LogP) is 1.52. The van der Waals surface area contributed by atoms with Gasteiger partial charge in [0.05, 0.1) is 6.42 Å². The number of carbonyl (C=O) groups is 1. The Morgan fingerprint density at radius 2 is 1.88 bits per heavy atom. The molecular weight excluding hydrogens is 257 g/mol. The molecule has 1 atom stereocenters. The number of β-lactam (4-membered cyclic amide) rings is 1. The van der Waals surface area contributed by atoms with Crippen molar-refractivity contribution in [1.29, 1.82) is 0 Å². The molecule has 1 aliphatic heterocycles. The lowest BCUT2D eigenvalue weighted by atomic mass is 9.94. The Hall–Kier alpha value is -1.14. The Balaban J connectivity index is 2.46. The van der Waals surface area contributed by atoms with Gasteiger partial charge in [-0.05, 0) is 0 Å². The fraction of sp³-hybridized carbons (Fsp3) is 0.222. The number of rotatable bonds is 2. The van der Waals surface area contributed by atoms with E-state index < -0.39 is 27.4 Å². The minimum absolute atomic E-state index is 0.0664. The molecule has 1 amide bonds. The van der Waals surface area contributed by atoms with Gasteiger partial charge in [-0.25, -0.2) is 4.39 Å². The number of alkyl halides is 1. The van der Waals surface area contributed by atoms with Crippen molar-refractivity contribution in [2.45, 2.75) is 12.2 Å². The molecule has 0 bridgehead atoms. The van der Waals surface area contributed by atoms with Crippen molar-refractivity contribution in [1.82, 2.24) is 4.31 Å². The second kappa shape index (κ2) is 3.43. The van der Waals surface area contributed by atoms with Gasteiger partial charge < -0.3 is 0 Å². The van der Waals surface area contributed by atoms with E-state index in [4.69, 9.17) is 10.7 Å². The molecule has 1 fully saturated rings. The third-order valence-corrected chi connectivity index (χ3v) is 3.71. The SMILES string of the molecule is O=C1CC(F)(c2ccccc2)N1S(=O)(=O)Cl. The second-order valence-corrected chi connectivity index (χ2v) is 5.76. The number of amides is 1. The van der Waals surface area contributed by atoms with Crippen LogP contribution in [0.5, 0.6) is 0 Å². The van der Waals surface area contributed by atoms with E-state index in [2.05, 4.69) is 0 Å². The van der Waals surface area contributed by atoms with E-state index in [0.29, 0.717) is 0 Å². The molecule has 0 saturated carbocycles. The van der Waals surface area contributed by atoms with Crippen LogP contribution in [0.4, 0.5) is 4.39 Å². The summed E-state index contributed by atoms with van der Waals surface area (Å²) in [5.74, 6) is -3.19. The summed E-state index contributed by atoms with van der Waals surface area (Å²) in [7, 11) is 0.611. The minimum Gasteiger partial charge on any atom is -0.273 e. The quantitative estimate of drug-likeness (QED) is 0.462. The van der Waals surface area contributed by atoms with E-state index >= 15 is 0 Å².